The number of nitrogens with zero attached hydrogens (tertiary/aromatic N) is 1. The first kappa shape index (κ1) is 25.4. The SMILES string of the molecule is Cc1cc(C)c(NC(=O)CNC(=O)COC(=O)c2cccc(S(=O)(=O)N3CCCC3)c2)c(C)c1. The summed E-state index contributed by atoms with van der Waals surface area (Å²) in [5, 5.41) is 5.17. The van der Waals surface area contributed by atoms with Crippen molar-refractivity contribution in [3.8, 4) is 0 Å². The maximum absolute atomic E-state index is 12.7. The zero-order chi connectivity index (χ0) is 24.9. The van der Waals surface area contributed by atoms with Crippen molar-refractivity contribution in [1.82, 2.24) is 9.62 Å². The van der Waals surface area contributed by atoms with Gasteiger partial charge in [-0.25, -0.2) is 13.2 Å². The van der Waals surface area contributed by atoms with Gasteiger partial charge in [0.2, 0.25) is 15.9 Å². The van der Waals surface area contributed by atoms with Crippen LogP contribution in [0.2, 0.25) is 0 Å². The largest absolute Gasteiger partial charge is 0.452 e. The third kappa shape index (κ3) is 6.21. The summed E-state index contributed by atoms with van der Waals surface area (Å²) in [5.74, 6) is -1.89. The number of ether oxygens (including phenoxy) is 1. The number of anilines is 1. The molecule has 0 spiro atoms. The van der Waals surface area contributed by atoms with Crippen LogP contribution in [0, 0.1) is 20.8 Å². The molecule has 1 aliphatic heterocycles. The molecule has 1 aliphatic rings. The number of rotatable bonds is 8. The minimum Gasteiger partial charge on any atom is -0.452 e. The van der Waals surface area contributed by atoms with Crippen LogP contribution >= 0.6 is 0 Å². The van der Waals surface area contributed by atoms with Gasteiger partial charge in [-0.05, 0) is 62.9 Å². The Morgan fingerprint density at radius 2 is 1.62 bits per heavy atom. The Morgan fingerprint density at radius 3 is 2.26 bits per heavy atom. The molecule has 9 nitrogen and oxygen atoms in total. The van der Waals surface area contributed by atoms with Gasteiger partial charge in [-0.3, -0.25) is 9.59 Å². The van der Waals surface area contributed by atoms with Crippen LogP contribution in [0.1, 0.15) is 39.9 Å². The van der Waals surface area contributed by atoms with E-state index in [9.17, 15) is 22.8 Å². The predicted molar refractivity (Wildman–Crippen MR) is 127 cm³/mol. The van der Waals surface area contributed by atoms with Crippen LogP contribution in [-0.4, -0.2) is 56.7 Å². The number of amides is 2. The fraction of sp³-hybridized carbons (Fsp3) is 0.375. The molecular formula is C24H29N3O6S. The molecule has 3 rings (SSSR count). The first-order valence-corrected chi connectivity index (χ1v) is 12.4. The van der Waals surface area contributed by atoms with Crippen LogP contribution in [-0.2, 0) is 24.3 Å². The molecule has 2 aromatic rings. The van der Waals surface area contributed by atoms with E-state index in [4.69, 9.17) is 4.74 Å². The standard InChI is InChI=1S/C24H29N3O6S/c1-16-11-17(2)23(18(3)12-16)26-21(28)14-25-22(29)15-33-24(30)19-7-6-8-20(13-19)34(31,32)27-9-4-5-10-27/h6-8,11-13H,4-5,9-10,14-15H2,1-3H3,(H,25,29)(H,26,28). The number of aryl methyl sites for hydroxylation is 3. The molecule has 10 heteroatoms. The van der Waals surface area contributed by atoms with Gasteiger partial charge in [-0.2, -0.15) is 4.31 Å². The molecule has 0 bridgehead atoms. The average Bonchev–Trinajstić information content (AvgIpc) is 3.34. The second-order valence-corrected chi connectivity index (χ2v) is 10.3. The molecule has 1 heterocycles. The van der Waals surface area contributed by atoms with Gasteiger partial charge < -0.3 is 15.4 Å². The van der Waals surface area contributed by atoms with Crippen LogP contribution < -0.4 is 10.6 Å². The maximum Gasteiger partial charge on any atom is 0.338 e. The smallest absolute Gasteiger partial charge is 0.338 e. The van der Waals surface area contributed by atoms with E-state index in [-0.39, 0.29) is 17.0 Å². The highest BCUT2D eigenvalue weighted by Crippen LogP contribution is 2.22. The molecule has 0 unspecified atom stereocenters. The molecule has 2 N–H and O–H groups in total. The van der Waals surface area contributed by atoms with Gasteiger partial charge in [0.15, 0.2) is 6.61 Å². The van der Waals surface area contributed by atoms with Crippen LogP contribution in [0.5, 0.6) is 0 Å². The Labute approximate surface area is 199 Å². The lowest BCUT2D eigenvalue weighted by atomic mass is 10.1. The first-order valence-electron chi connectivity index (χ1n) is 11.0. The fourth-order valence-corrected chi connectivity index (χ4v) is 5.43. The van der Waals surface area contributed by atoms with Crippen LogP contribution in [0.15, 0.2) is 41.3 Å². The lowest BCUT2D eigenvalue weighted by molar-refractivity contribution is -0.126. The molecule has 1 fully saturated rings. The Hall–Kier alpha value is -3.24. The van der Waals surface area contributed by atoms with E-state index in [0.717, 1.165) is 29.5 Å². The van der Waals surface area contributed by atoms with Crippen molar-refractivity contribution >= 4 is 33.5 Å². The molecule has 1 saturated heterocycles. The van der Waals surface area contributed by atoms with Gasteiger partial charge in [0, 0.05) is 18.8 Å². The number of hydrogen-bond donors (Lipinski definition) is 2. The van der Waals surface area contributed by atoms with E-state index in [2.05, 4.69) is 10.6 Å². The van der Waals surface area contributed by atoms with E-state index >= 15 is 0 Å². The van der Waals surface area contributed by atoms with Crippen molar-refractivity contribution < 1.29 is 27.5 Å². The van der Waals surface area contributed by atoms with E-state index in [1.165, 1.54) is 28.6 Å². The fourth-order valence-electron chi connectivity index (χ4n) is 3.87. The second-order valence-electron chi connectivity index (χ2n) is 8.31. The average molecular weight is 488 g/mol. The molecule has 0 aliphatic carbocycles. The highest BCUT2D eigenvalue weighted by atomic mass is 32.2. The minimum absolute atomic E-state index is 0.00617. The third-order valence-corrected chi connectivity index (χ3v) is 7.39. The van der Waals surface area contributed by atoms with E-state index in [0.29, 0.717) is 18.8 Å². The molecular weight excluding hydrogens is 458 g/mol. The lowest BCUT2D eigenvalue weighted by Crippen LogP contribution is -2.35. The second kappa shape index (κ2) is 10.8. The number of benzene rings is 2. The third-order valence-electron chi connectivity index (χ3n) is 5.49. The first-order chi connectivity index (χ1) is 16.1. The van der Waals surface area contributed by atoms with Crippen LogP contribution in [0.4, 0.5) is 5.69 Å². The molecule has 2 amide bonds. The number of esters is 1. The molecule has 182 valence electrons. The van der Waals surface area contributed by atoms with Gasteiger partial charge in [-0.1, -0.05) is 23.8 Å². The van der Waals surface area contributed by atoms with Crippen molar-refractivity contribution in [2.45, 2.75) is 38.5 Å². The van der Waals surface area contributed by atoms with Crippen molar-refractivity contribution in [3.05, 3.63) is 58.7 Å². The number of sulfonamides is 1. The van der Waals surface area contributed by atoms with Crippen molar-refractivity contribution in [1.29, 1.82) is 0 Å². The van der Waals surface area contributed by atoms with Gasteiger partial charge in [0.25, 0.3) is 5.91 Å². The summed E-state index contributed by atoms with van der Waals surface area (Å²) in [5.41, 5.74) is 3.64. The molecule has 0 aromatic heterocycles. The normalized spacial score (nSPS) is 14.0. The zero-order valence-electron chi connectivity index (χ0n) is 19.5. The molecule has 0 radical (unpaired) electrons. The van der Waals surface area contributed by atoms with E-state index in [1.807, 2.05) is 32.9 Å². The topological polar surface area (TPSA) is 122 Å². The molecule has 2 aromatic carbocycles. The summed E-state index contributed by atoms with van der Waals surface area (Å²) >= 11 is 0. The summed E-state index contributed by atoms with van der Waals surface area (Å²) in [4.78, 5) is 36.6. The van der Waals surface area contributed by atoms with Crippen molar-refractivity contribution in [3.63, 3.8) is 0 Å². The van der Waals surface area contributed by atoms with E-state index in [1.54, 1.807) is 0 Å². The molecule has 0 saturated carbocycles. The molecule has 0 atom stereocenters. The van der Waals surface area contributed by atoms with Gasteiger partial charge in [0.1, 0.15) is 0 Å². The summed E-state index contributed by atoms with van der Waals surface area (Å²) in [7, 11) is -3.68. The van der Waals surface area contributed by atoms with Gasteiger partial charge in [-0.15, -0.1) is 0 Å². The number of carbonyl (C=O) groups excluding carboxylic acids is 3. The monoisotopic (exact) mass is 487 g/mol. The minimum atomic E-state index is -3.68. The van der Waals surface area contributed by atoms with Crippen LogP contribution in [0.3, 0.4) is 0 Å². The Balaban J connectivity index is 1.50. The summed E-state index contributed by atoms with van der Waals surface area (Å²) in [6.07, 6.45) is 1.61. The number of hydrogen-bond acceptors (Lipinski definition) is 6. The van der Waals surface area contributed by atoms with Crippen molar-refractivity contribution in [2.24, 2.45) is 0 Å². The van der Waals surface area contributed by atoms with Crippen LogP contribution in [0.25, 0.3) is 0 Å². The summed E-state index contributed by atoms with van der Waals surface area (Å²) in [6.45, 7) is 5.76. The zero-order valence-corrected chi connectivity index (χ0v) is 20.3. The Bertz CT molecular complexity index is 1180. The number of nitrogens with one attached hydrogen (secondary N) is 2. The van der Waals surface area contributed by atoms with Crippen molar-refractivity contribution in [2.75, 3.05) is 31.6 Å². The lowest BCUT2D eigenvalue weighted by Gasteiger charge is -2.15. The Morgan fingerprint density at radius 1 is 0.971 bits per heavy atom. The molecule has 34 heavy (non-hydrogen) atoms. The Kier molecular flexibility index (Phi) is 8.06. The maximum atomic E-state index is 12.7. The highest BCUT2D eigenvalue weighted by molar-refractivity contribution is 7.89. The van der Waals surface area contributed by atoms with Gasteiger partial charge >= 0.3 is 5.97 Å². The predicted octanol–water partition coefficient (Wildman–Crippen LogP) is 2.31. The summed E-state index contributed by atoms with van der Waals surface area (Å²) < 4.78 is 31.7. The summed E-state index contributed by atoms with van der Waals surface area (Å²) in [6, 6.07) is 9.45. The highest BCUT2D eigenvalue weighted by Gasteiger charge is 2.27. The number of carbonyl (C=O) groups is 3. The quantitative estimate of drug-likeness (QED) is 0.551. The van der Waals surface area contributed by atoms with E-state index < -0.39 is 34.4 Å². The van der Waals surface area contributed by atoms with Gasteiger partial charge in [0.05, 0.1) is 17.0 Å².